The Bertz CT molecular complexity index is 13.5. The lowest BCUT2D eigenvalue weighted by atomic mass is 10.9. The van der Waals surface area contributed by atoms with E-state index in [-0.39, 0.29) is 16.0 Å². The molecule has 0 atom stereocenters. The molecule has 0 fully saturated rings. The Morgan fingerprint density at radius 1 is 1.67 bits per heavy atom. The van der Waals surface area contributed by atoms with Gasteiger partial charge in [0.15, 0.2) is 0 Å². The predicted octanol–water partition coefficient (Wildman–Crippen LogP) is 1.85. The Kier molecular flexibility index (Phi) is 28.2. The Morgan fingerprint density at radius 3 is 1.67 bits per heavy atom. The van der Waals surface area contributed by atoms with Crippen LogP contribution in [0.4, 0.5) is 0 Å². The van der Waals surface area contributed by atoms with E-state index in [4.69, 9.17) is 5.11 Å². The maximum Gasteiger partial charge on any atom is 0.560 e. The van der Waals surface area contributed by atoms with Crippen molar-refractivity contribution in [3.63, 3.8) is 0 Å². The fourth-order valence-electron chi connectivity index (χ4n) is 0. The number of halogens is 2. The summed E-state index contributed by atoms with van der Waals surface area (Å²) in [4.78, 5) is 0. The van der Waals surface area contributed by atoms with Crippen LogP contribution in [0.5, 0.6) is 0 Å². The normalized spacial score (nSPS) is 4.67. The highest BCUT2D eigenvalue weighted by molar-refractivity contribution is 9.47. The maximum absolute atomic E-state index is 7.44. The first kappa shape index (κ1) is 10.6. The van der Waals surface area contributed by atoms with E-state index in [1.165, 1.54) is 0 Å². The largest absolute Gasteiger partial charge is 0.560 e. The van der Waals surface area contributed by atoms with Crippen molar-refractivity contribution in [2.24, 2.45) is 0 Å². The first-order chi connectivity index (χ1) is 2.83. The summed E-state index contributed by atoms with van der Waals surface area (Å²) in [6, 6.07) is 0. The molecule has 0 aromatic rings. The average molecular weight is 229 g/mol. The molecule has 0 aromatic heterocycles. The van der Waals surface area contributed by atoms with Gasteiger partial charge in [0.05, 0.1) is 6.61 Å². The molecule has 0 saturated heterocycles. The maximum atomic E-state index is 7.44. The van der Waals surface area contributed by atoms with Crippen LogP contribution in [0.1, 0.15) is 6.92 Å². The molecule has 1 nitrogen and oxygen atoms in total. The second-order valence-corrected chi connectivity index (χ2v) is 8.44. The van der Waals surface area contributed by atoms with Crippen molar-refractivity contribution < 1.29 is 5.11 Å². The van der Waals surface area contributed by atoms with Crippen LogP contribution in [-0.4, -0.2) is 21.1 Å². The molecule has 0 aliphatic heterocycles. The van der Waals surface area contributed by atoms with E-state index < -0.39 is 0 Å². The van der Waals surface area contributed by atoms with Crippen molar-refractivity contribution >= 4 is 41.8 Å². The molecule has 0 saturated carbocycles. The van der Waals surface area contributed by atoms with Gasteiger partial charge in [-0.25, -0.2) is 0 Å². The van der Waals surface area contributed by atoms with E-state index in [2.05, 4.69) is 25.8 Å². The van der Waals surface area contributed by atoms with Gasteiger partial charge < -0.3 is 5.11 Å². The number of hydrogen-bond donors (Lipinski definition) is 1. The van der Waals surface area contributed by atoms with E-state index in [9.17, 15) is 0 Å². The molecule has 6 heavy (non-hydrogen) atoms. The molecule has 0 aliphatic rings. The minimum atomic E-state index is 0.0417. The highest BCUT2D eigenvalue weighted by atomic mass is 79.9. The zero-order chi connectivity index (χ0) is 5.41. The molecule has 4 heteroatoms. The molecule has 0 aromatic carbocycles. The van der Waals surface area contributed by atoms with E-state index in [1.54, 1.807) is 6.92 Å². The van der Waals surface area contributed by atoms with Crippen molar-refractivity contribution in [1.82, 2.24) is 0 Å². The molecule has 0 unspecified atom stereocenters. The first-order valence-electron chi connectivity index (χ1n) is 1.37. The minimum absolute atomic E-state index is 0.0417. The highest BCUT2D eigenvalue weighted by Gasteiger charge is 1.62. The van der Waals surface area contributed by atoms with Gasteiger partial charge in [-0.1, -0.05) is 0 Å². The van der Waals surface area contributed by atoms with Crippen molar-refractivity contribution in [3.05, 3.63) is 6.61 Å². The van der Waals surface area contributed by atoms with Crippen LogP contribution in [0.15, 0.2) is 0 Å². The van der Waals surface area contributed by atoms with Gasteiger partial charge in [0.1, 0.15) is 0 Å². The molecule has 0 bridgehead atoms. The zero-order valence-corrected chi connectivity index (χ0v) is 8.07. The topological polar surface area (TPSA) is 20.2 Å². The molecule has 0 heterocycles. The van der Waals surface area contributed by atoms with Gasteiger partial charge in [-0.2, -0.15) is 0 Å². The van der Waals surface area contributed by atoms with Crippen LogP contribution in [-0.2, 0) is 0 Å². The highest BCUT2D eigenvalue weighted by Crippen LogP contribution is 1.77. The molecule has 0 aliphatic carbocycles. The van der Waals surface area contributed by atoms with Gasteiger partial charge in [-0.3, -0.25) is 25.8 Å². The molecule has 35 valence electrons. The quantitative estimate of drug-likeness (QED) is 0.628. The molecule has 0 rings (SSSR count). The first-order valence-corrected chi connectivity index (χ1v) is 9.17. The lowest BCUT2D eigenvalue weighted by Gasteiger charge is -1.50. The lowest BCUT2D eigenvalue weighted by molar-refractivity contribution is 0.401. The Hall–Kier alpha value is 1.69. The van der Waals surface area contributed by atoms with Gasteiger partial charge >= 0.3 is 16.0 Å². The molecule has 1 radical (unpaired) electrons. The summed E-state index contributed by atoms with van der Waals surface area (Å²) >= 11 is 6.44. The van der Waals surface area contributed by atoms with Crippen LogP contribution >= 0.6 is 25.8 Å². The van der Waals surface area contributed by atoms with Crippen LogP contribution < -0.4 is 0 Å². The summed E-state index contributed by atoms with van der Waals surface area (Å²) in [5, 5.41) is 7.44. The van der Waals surface area contributed by atoms with Crippen LogP contribution in [0.2, 0.25) is 0 Å². The Morgan fingerprint density at radius 2 is 1.67 bits per heavy atom. The minimum Gasteiger partial charge on any atom is -0.391 e. The number of hydrogen-bond acceptors (Lipinski definition) is 1. The summed E-state index contributed by atoms with van der Waals surface area (Å²) in [5.41, 5.74) is 0. The average Bonchev–Trinajstić information content (AvgIpc) is 1.39. The molecular formula is C2H5Br2MgO. The summed E-state index contributed by atoms with van der Waals surface area (Å²) in [6.45, 7) is 2.56. The van der Waals surface area contributed by atoms with Gasteiger partial charge in [0.25, 0.3) is 0 Å². The van der Waals surface area contributed by atoms with Gasteiger partial charge in [-0.05, 0) is 6.92 Å². The number of aliphatic hydroxyl groups excluding tert-OH is 1. The SMILES string of the molecule is C[CH]O.[Br][Mg][Br]. The Labute approximate surface area is 60.0 Å². The van der Waals surface area contributed by atoms with E-state index in [1.807, 2.05) is 0 Å². The molecule has 0 spiro atoms. The monoisotopic (exact) mass is 227 g/mol. The van der Waals surface area contributed by atoms with Gasteiger partial charge in [0.2, 0.25) is 0 Å². The van der Waals surface area contributed by atoms with E-state index in [0.29, 0.717) is 0 Å². The van der Waals surface area contributed by atoms with Crippen molar-refractivity contribution in [2.45, 2.75) is 6.92 Å². The zero-order valence-electron chi connectivity index (χ0n) is 3.49. The van der Waals surface area contributed by atoms with E-state index in [0.717, 1.165) is 6.61 Å². The molecule has 0 amide bonds. The second kappa shape index (κ2) is 15.9. The smallest absolute Gasteiger partial charge is 0.391 e. The fourth-order valence-corrected chi connectivity index (χ4v) is 0. The molecule has 1 N–H and O–H groups in total. The summed E-state index contributed by atoms with van der Waals surface area (Å²) in [5.74, 6) is 0. The third kappa shape index (κ3) is 43.9. The fraction of sp³-hybridized carbons (Fsp3) is 0.500. The standard InChI is InChI=1S/C2H5O.2BrH.Mg/c1-2-3;;;/h2-3H,1H3;2*1H;/q;;;+2/p-2. The number of aliphatic hydroxyl groups is 1. The van der Waals surface area contributed by atoms with Crippen LogP contribution in [0, 0.1) is 6.61 Å². The molecular weight excluding hydrogens is 224 g/mol. The van der Waals surface area contributed by atoms with Crippen molar-refractivity contribution in [1.29, 1.82) is 0 Å². The lowest BCUT2D eigenvalue weighted by Crippen LogP contribution is -1.43. The van der Waals surface area contributed by atoms with Gasteiger partial charge in [-0.15, -0.1) is 0 Å². The van der Waals surface area contributed by atoms with Crippen LogP contribution in [0.25, 0.3) is 0 Å². The Balaban J connectivity index is 0. The third-order valence-corrected chi connectivity index (χ3v) is 0. The second-order valence-electron chi connectivity index (χ2n) is 0.359. The summed E-state index contributed by atoms with van der Waals surface area (Å²) in [7, 11) is 0. The van der Waals surface area contributed by atoms with Crippen LogP contribution in [0.3, 0.4) is 0 Å². The van der Waals surface area contributed by atoms with Gasteiger partial charge in [0, 0.05) is 0 Å². The number of rotatable bonds is 0. The van der Waals surface area contributed by atoms with E-state index >= 15 is 0 Å². The summed E-state index contributed by atoms with van der Waals surface area (Å²) < 4.78 is 0. The summed E-state index contributed by atoms with van der Waals surface area (Å²) in [6.07, 6.45) is 0. The van der Waals surface area contributed by atoms with Crippen molar-refractivity contribution in [2.75, 3.05) is 0 Å². The third-order valence-electron chi connectivity index (χ3n) is 0. The van der Waals surface area contributed by atoms with Crippen molar-refractivity contribution in [3.8, 4) is 0 Å². The predicted molar refractivity (Wildman–Crippen MR) is 35.5 cm³/mol.